The minimum atomic E-state index is -0.241. The van der Waals surface area contributed by atoms with Crippen molar-refractivity contribution >= 4 is 5.91 Å². The summed E-state index contributed by atoms with van der Waals surface area (Å²) in [6, 6.07) is 6.71. The number of carbonyl (C=O) groups is 1. The van der Waals surface area contributed by atoms with E-state index in [-0.39, 0.29) is 23.9 Å². The Bertz CT molecular complexity index is 502. The Balaban J connectivity index is 1.87. The maximum atomic E-state index is 13.1. The summed E-state index contributed by atoms with van der Waals surface area (Å²) in [5.74, 6) is 0.536. The van der Waals surface area contributed by atoms with E-state index in [1.807, 2.05) is 4.90 Å². The Morgan fingerprint density at radius 1 is 1.35 bits per heavy atom. The minimum Gasteiger partial charge on any atom is -0.318 e. The highest BCUT2D eigenvalue weighted by atomic mass is 19.1. The van der Waals surface area contributed by atoms with E-state index in [0.29, 0.717) is 12.0 Å². The van der Waals surface area contributed by atoms with Crippen LogP contribution in [-0.4, -0.2) is 22.9 Å². The zero-order valence-corrected chi connectivity index (χ0v) is 12.0. The fraction of sp³-hybridized carbons (Fsp3) is 0.562. The van der Waals surface area contributed by atoms with Gasteiger partial charge in [0.1, 0.15) is 12.0 Å². The fourth-order valence-electron chi connectivity index (χ4n) is 3.09. The normalized spacial score (nSPS) is 32.8. The fourth-order valence-corrected chi connectivity index (χ4v) is 3.09. The van der Waals surface area contributed by atoms with Crippen molar-refractivity contribution in [1.29, 1.82) is 0 Å². The van der Waals surface area contributed by atoms with Crippen LogP contribution in [0.25, 0.3) is 0 Å². The zero-order valence-electron chi connectivity index (χ0n) is 12.0. The van der Waals surface area contributed by atoms with Gasteiger partial charge in [-0.15, -0.1) is 0 Å². The molecule has 3 nitrogen and oxygen atoms in total. The average Bonchev–Trinajstić information content (AvgIpc) is 3.05. The summed E-state index contributed by atoms with van der Waals surface area (Å²) < 4.78 is 13.1. The van der Waals surface area contributed by atoms with Crippen molar-refractivity contribution in [2.75, 3.05) is 0 Å². The molecule has 2 fully saturated rings. The van der Waals surface area contributed by atoms with Gasteiger partial charge in [0, 0.05) is 6.04 Å². The second-order valence-corrected chi connectivity index (χ2v) is 5.99. The van der Waals surface area contributed by atoms with E-state index in [4.69, 9.17) is 0 Å². The Morgan fingerprint density at radius 2 is 2.00 bits per heavy atom. The average molecular weight is 276 g/mol. The number of hydrogen-bond donors (Lipinski definition) is 1. The first-order valence-corrected chi connectivity index (χ1v) is 7.45. The topological polar surface area (TPSA) is 32.3 Å². The number of nitrogens with zero attached hydrogens (tertiary/aromatic N) is 1. The number of benzene rings is 1. The lowest BCUT2D eigenvalue weighted by Gasteiger charge is -2.24. The van der Waals surface area contributed by atoms with Crippen molar-refractivity contribution in [1.82, 2.24) is 10.2 Å². The van der Waals surface area contributed by atoms with E-state index < -0.39 is 0 Å². The molecule has 1 aromatic carbocycles. The molecule has 0 radical (unpaired) electrons. The lowest BCUT2D eigenvalue weighted by atomic mass is 10.1. The predicted molar refractivity (Wildman–Crippen MR) is 75.4 cm³/mol. The smallest absolute Gasteiger partial charge is 0.241 e. The monoisotopic (exact) mass is 276 g/mol. The van der Waals surface area contributed by atoms with Gasteiger partial charge < -0.3 is 4.90 Å². The van der Waals surface area contributed by atoms with Crippen molar-refractivity contribution in [3.8, 4) is 0 Å². The van der Waals surface area contributed by atoms with Gasteiger partial charge in [0.25, 0.3) is 0 Å². The molecule has 4 atom stereocenters. The second-order valence-electron chi connectivity index (χ2n) is 5.99. The number of halogens is 1. The van der Waals surface area contributed by atoms with E-state index >= 15 is 0 Å². The van der Waals surface area contributed by atoms with E-state index in [1.165, 1.54) is 12.1 Å². The third-order valence-corrected chi connectivity index (χ3v) is 4.38. The Kier molecular flexibility index (Phi) is 3.50. The highest BCUT2D eigenvalue weighted by Gasteiger charge is 2.49. The van der Waals surface area contributed by atoms with Crippen LogP contribution in [0.2, 0.25) is 0 Å². The highest BCUT2D eigenvalue weighted by Crippen LogP contribution is 2.42. The SMILES string of the molecule is CCCC1NC(c2ccc(F)cc2)N(C2CC2C)C1=O. The summed E-state index contributed by atoms with van der Waals surface area (Å²) in [6.45, 7) is 4.26. The molecule has 3 rings (SSSR count). The molecular weight excluding hydrogens is 255 g/mol. The summed E-state index contributed by atoms with van der Waals surface area (Å²) in [7, 11) is 0. The van der Waals surface area contributed by atoms with E-state index in [0.717, 1.165) is 24.8 Å². The summed E-state index contributed by atoms with van der Waals surface area (Å²) in [4.78, 5) is 14.5. The van der Waals surface area contributed by atoms with Crippen LogP contribution in [0.1, 0.15) is 44.8 Å². The maximum absolute atomic E-state index is 13.1. The van der Waals surface area contributed by atoms with Crippen molar-refractivity contribution in [2.24, 2.45) is 5.92 Å². The second kappa shape index (κ2) is 5.17. The molecule has 0 aromatic heterocycles. The molecule has 20 heavy (non-hydrogen) atoms. The van der Waals surface area contributed by atoms with Crippen molar-refractivity contribution in [2.45, 2.75) is 51.4 Å². The van der Waals surface area contributed by atoms with Gasteiger partial charge in [-0.1, -0.05) is 32.4 Å². The summed E-state index contributed by atoms with van der Waals surface area (Å²) in [5, 5.41) is 3.42. The van der Waals surface area contributed by atoms with Gasteiger partial charge in [0.2, 0.25) is 5.91 Å². The Morgan fingerprint density at radius 3 is 2.55 bits per heavy atom. The molecule has 4 heteroatoms. The first-order valence-electron chi connectivity index (χ1n) is 7.45. The molecule has 0 spiro atoms. The molecule has 1 aromatic rings. The molecule has 2 aliphatic rings. The van der Waals surface area contributed by atoms with Crippen LogP contribution in [0.4, 0.5) is 4.39 Å². The lowest BCUT2D eigenvalue weighted by molar-refractivity contribution is -0.131. The molecule has 1 heterocycles. The Hall–Kier alpha value is -1.42. The first-order chi connectivity index (χ1) is 9.61. The van der Waals surface area contributed by atoms with Crippen LogP contribution >= 0.6 is 0 Å². The number of hydrogen-bond acceptors (Lipinski definition) is 2. The molecule has 1 N–H and O–H groups in total. The van der Waals surface area contributed by atoms with Gasteiger partial charge in [-0.05, 0) is 36.5 Å². The van der Waals surface area contributed by atoms with Gasteiger partial charge in [-0.25, -0.2) is 4.39 Å². The number of rotatable bonds is 4. The summed E-state index contributed by atoms with van der Waals surface area (Å²) >= 11 is 0. The van der Waals surface area contributed by atoms with Gasteiger partial charge in [0.15, 0.2) is 0 Å². The maximum Gasteiger partial charge on any atom is 0.241 e. The van der Waals surface area contributed by atoms with Crippen molar-refractivity contribution in [3.05, 3.63) is 35.6 Å². The quantitative estimate of drug-likeness (QED) is 0.917. The van der Waals surface area contributed by atoms with Gasteiger partial charge in [-0.3, -0.25) is 10.1 Å². The molecule has 1 aliphatic carbocycles. The van der Waals surface area contributed by atoms with Crippen molar-refractivity contribution in [3.63, 3.8) is 0 Å². The molecule has 4 unspecified atom stereocenters. The van der Waals surface area contributed by atoms with Crippen LogP contribution in [0, 0.1) is 11.7 Å². The molecule has 1 saturated carbocycles. The van der Waals surface area contributed by atoms with Crippen LogP contribution in [0.5, 0.6) is 0 Å². The van der Waals surface area contributed by atoms with Gasteiger partial charge in [-0.2, -0.15) is 0 Å². The van der Waals surface area contributed by atoms with Gasteiger partial charge in [0.05, 0.1) is 6.04 Å². The Labute approximate surface area is 119 Å². The molecule has 108 valence electrons. The molecular formula is C16H21FN2O. The van der Waals surface area contributed by atoms with Crippen LogP contribution in [-0.2, 0) is 4.79 Å². The lowest BCUT2D eigenvalue weighted by Crippen LogP contribution is -2.33. The first kappa shape index (κ1) is 13.6. The number of amides is 1. The number of carbonyl (C=O) groups excluding carboxylic acids is 1. The van der Waals surface area contributed by atoms with Crippen LogP contribution < -0.4 is 5.32 Å². The number of nitrogens with one attached hydrogen (secondary N) is 1. The largest absolute Gasteiger partial charge is 0.318 e. The van der Waals surface area contributed by atoms with E-state index in [2.05, 4.69) is 19.2 Å². The molecule has 1 aliphatic heterocycles. The predicted octanol–water partition coefficient (Wildman–Crippen LogP) is 2.83. The van der Waals surface area contributed by atoms with E-state index in [1.54, 1.807) is 12.1 Å². The standard InChI is InChI=1S/C16H21FN2O/c1-3-4-13-16(20)19(14-9-10(14)2)15(18-13)11-5-7-12(17)8-6-11/h5-8,10,13-15,18H,3-4,9H2,1-2H3. The molecule has 1 saturated heterocycles. The molecule has 0 bridgehead atoms. The van der Waals surface area contributed by atoms with E-state index in [9.17, 15) is 9.18 Å². The summed E-state index contributed by atoms with van der Waals surface area (Å²) in [5.41, 5.74) is 0.970. The van der Waals surface area contributed by atoms with Crippen LogP contribution in [0.15, 0.2) is 24.3 Å². The van der Waals surface area contributed by atoms with Crippen molar-refractivity contribution < 1.29 is 9.18 Å². The zero-order chi connectivity index (χ0) is 14.3. The van der Waals surface area contributed by atoms with Gasteiger partial charge >= 0.3 is 0 Å². The third-order valence-electron chi connectivity index (χ3n) is 4.38. The minimum absolute atomic E-state index is 0.0946. The third kappa shape index (κ3) is 2.33. The van der Waals surface area contributed by atoms with Crippen LogP contribution in [0.3, 0.4) is 0 Å². The summed E-state index contributed by atoms with van der Waals surface area (Å²) in [6.07, 6.45) is 2.81. The molecule has 1 amide bonds. The highest BCUT2D eigenvalue weighted by molar-refractivity contribution is 5.85.